The lowest BCUT2D eigenvalue weighted by atomic mass is 9.96. The monoisotopic (exact) mass is 268 g/mol. The molecule has 0 aromatic carbocycles. The van der Waals surface area contributed by atoms with E-state index in [2.05, 4.69) is 30.6 Å². The molecule has 0 aromatic heterocycles. The van der Waals surface area contributed by atoms with E-state index >= 15 is 0 Å². The zero-order valence-corrected chi connectivity index (χ0v) is 12.3. The first-order chi connectivity index (χ1) is 8.77. The summed E-state index contributed by atoms with van der Waals surface area (Å²) in [6, 6.07) is 0. The van der Waals surface area contributed by atoms with Gasteiger partial charge < -0.3 is 4.74 Å². The SMILES string of the molecule is C=C/C(=N\N=C(/C)C1CCOCC1)SCCCC. The molecule has 0 amide bonds. The van der Waals surface area contributed by atoms with E-state index in [1.54, 1.807) is 17.8 Å². The van der Waals surface area contributed by atoms with Crippen molar-refractivity contribution in [3.05, 3.63) is 12.7 Å². The molecule has 0 unspecified atom stereocenters. The van der Waals surface area contributed by atoms with Crippen LogP contribution in [-0.2, 0) is 4.74 Å². The van der Waals surface area contributed by atoms with Gasteiger partial charge in [-0.25, -0.2) is 0 Å². The van der Waals surface area contributed by atoms with Crippen LogP contribution < -0.4 is 0 Å². The van der Waals surface area contributed by atoms with Gasteiger partial charge in [0.1, 0.15) is 5.04 Å². The highest BCUT2D eigenvalue weighted by molar-refractivity contribution is 8.14. The van der Waals surface area contributed by atoms with Gasteiger partial charge in [-0.3, -0.25) is 0 Å². The highest BCUT2D eigenvalue weighted by Gasteiger charge is 2.16. The lowest BCUT2D eigenvalue weighted by molar-refractivity contribution is 0.0826. The zero-order chi connectivity index (χ0) is 13.2. The first-order valence-electron chi connectivity index (χ1n) is 6.73. The maximum absolute atomic E-state index is 5.35. The smallest absolute Gasteiger partial charge is 0.118 e. The lowest BCUT2D eigenvalue weighted by Crippen LogP contribution is -2.21. The van der Waals surface area contributed by atoms with E-state index in [4.69, 9.17) is 4.74 Å². The molecule has 0 atom stereocenters. The van der Waals surface area contributed by atoms with Gasteiger partial charge in [0.05, 0.1) is 0 Å². The van der Waals surface area contributed by atoms with Crippen LogP contribution in [0.3, 0.4) is 0 Å². The number of thioether (sulfide) groups is 1. The molecule has 0 aromatic rings. The third-order valence-electron chi connectivity index (χ3n) is 3.04. The van der Waals surface area contributed by atoms with Crippen molar-refractivity contribution in [3.63, 3.8) is 0 Å². The fourth-order valence-electron chi connectivity index (χ4n) is 1.77. The maximum atomic E-state index is 5.35. The van der Waals surface area contributed by atoms with Crippen molar-refractivity contribution in [2.75, 3.05) is 19.0 Å². The topological polar surface area (TPSA) is 34.0 Å². The summed E-state index contributed by atoms with van der Waals surface area (Å²) >= 11 is 1.73. The summed E-state index contributed by atoms with van der Waals surface area (Å²) in [4.78, 5) is 0. The molecule has 0 spiro atoms. The van der Waals surface area contributed by atoms with E-state index in [1.165, 1.54) is 12.8 Å². The summed E-state index contributed by atoms with van der Waals surface area (Å²) in [5, 5.41) is 9.58. The summed E-state index contributed by atoms with van der Waals surface area (Å²) < 4.78 is 5.35. The summed E-state index contributed by atoms with van der Waals surface area (Å²) in [6.45, 7) is 9.74. The second-order valence-electron chi connectivity index (χ2n) is 4.47. The van der Waals surface area contributed by atoms with E-state index < -0.39 is 0 Å². The molecule has 1 aliphatic rings. The number of rotatable bonds is 6. The predicted molar refractivity (Wildman–Crippen MR) is 81.7 cm³/mol. The molecule has 1 heterocycles. The van der Waals surface area contributed by atoms with Crippen molar-refractivity contribution >= 4 is 22.5 Å². The molecular weight excluding hydrogens is 244 g/mol. The number of hydrogen-bond donors (Lipinski definition) is 0. The van der Waals surface area contributed by atoms with Crippen LogP contribution >= 0.6 is 11.8 Å². The van der Waals surface area contributed by atoms with Gasteiger partial charge in [0.25, 0.3) is 0 Å². The Kier molecular flexibility index (Phi) is 8.01. The Hall–Kier alpha value is -0.610. The summed E-state index contributed by atoms with van der Waals surface area (Å²) in [6.07, 6.45) is 6.34. The highest BCUT2D eigenvalue weighted by atomic mass is 32.2. The number of hydrogen-bond acceptors (Lipinski definition) is 4. The van der Waals surface area contributed by atoms with Gasteiger partial charge in [0, 0.05) is 24.8 Å². The third kappa shape index (κ3) is 5.83. The molecule has 18 heavy (non-hydrogen) atoms. The normalized spacial score (nSPS) is 19.0. The Balaban J connectivity index is 2.48. The minimum atomic E-state index is 0.536. The number of ether oxygens (including phenoxy) is 1. The molecule has 102 valence electrons. The van der Waals surface area contributed by atoms with E-state index in [0.29, 0.717) is 5.92 Å². The standard InChI is InChI=1S/C14H24N2OS/c1-4-6-11-18-14(5-2)16-15-12(3)13-7-9-17-10-8-13/h5,13H,2,4,6-11H2,1,3H3/b15-12+,16-14+. The lowest BCUT2D eigenvalue weighted by Gasteiger charge is -2.20. The van der Waals surface area contributed by atoms with Crippen LogP contribution in [0, 0.1) is 5.92 Å². The first-order valence-corrected chi connectivity index (χ1v) is 7.71. The quantitative estimate of drug-likeness (QED) is 0.317. The Labute approximate surface area is 115 Å². The molecule has 1 saturated heterocycles. The molecule has 1 rings (SSSR count). The van der Waals surface area contributed by atoms with Crippen molar-refractivity contribution in [1.29, 1.82) is 0 Å². The molecule has 0 aliphatic carbocycles. The maximum Gasteiger partial charge on any atom is 0.118 e. The van der Waals surface area contributed by atoms with Crippen LogP contribution in [0.4, 0.5) is 0 Å². The van der Waals surface area contributed by atoms with E-state index in [1.807, 2.05) is 0 Å². The van der Waals surface area contributed by atoms with E-state index in [-0.39, 0.29) is 0 Å². The Morgan fingerprint density at radius 2 is 2.11 bits per heavy atom. The van der Waals surface area contributed by atoms with E-state index in [0.717, 1.165) is 42.6 Å². The van der Waals surface area contributed by atoms with Crippen molar-refractivity contribution in [2.24, 2.45) is 16.1 Å². The van der Waals surface area contributed by atoms with Crippen LogP contribution in [-0.4, -0.2) is 29.7 Å². The number of unbranched alkanes of at least 4 members (excludes halogenated alkanes) is 1. The predicted octanol–water partition coefficient (Wildman–Crippen LogP) is 3.91. The molecule has 4 heteroatoms. The van der Waals surface area contributed by atoms with Crippen molar-refractivity contribution < 1.29 is 4.74 Å². The second kappa shape index (κ2) is 9.34. The van der Waals surface area contributed by atoms with Crippen LogP contribution in [0.25, 0.3) is 0 Å². The molecule has 0 saturated carbocycles. The average Bonchev–Trinajstić information content (AvgIpc) is 2.43. The minimum absolute atomic E-state index is 0.536. The van der Waals surface area contributed by atoms with Crippen LogP contribution in [0.5, 0.6) is 0 Å². The first kappa shape index (κ1) is 15.4. The molecule has 1 fully saturated rings. The third-order valence-corrected chi connectivity index (χ3v) is 4.08. The second-order valence-corrected chi connectivity index (χ2v) is 5.59. The molecule has 0 radical (unpaired) electrons. The Morgan fingerprint density at radius 3 is 2.72 bits per heavy atom. The summed E-state index contributed by atoms with van der Waals surface area (Å²) in [5.74, 6) is 1.63. The van der Waals surface area contributed by atoms with Gasteiger partial charge >= 0.3 is 0 Å². The number of nitrogens with zero attached hydrogens (tertiary/aromatic N) is 2. The Morgan fingerprint density at radius 1 is 1.39 bits per heavy atom. The van der Waals surface area contributed by atoms with Gasteiger partial charge in [-0.15, -0.1) is 16.9 Å². The molecule has 1 aliphatic heterocycles. The van der Waals surface area contributed by atoms with Crippen LogP contribution in [0.15, 0.2) is 22.9 Å². The largest absolute Gasteiger partial charge is 0.381 e. The van der Waals surface area contributed by atoms with Crippen molar-refractivity contribution in [2.45, 2.75) is 39.5 Å². The van der Waals surface area contributed by atoms with E-state index in [9.17, 15) is 0 Å². The average molecular weight is 268 g/mol. The van der Waals surface area contributed by atoms with Gasteiger partial charge in [0.2, 0.25) is 0 Å². The summed E-state index contributed by atoms with van der Waals surface area (Å²) in [5.41, 5.74) is 1.12. The molecule has 3 nitrogen and oxygen atoms in total. The highest BCUT2D eigenvalue weighted by Crippen LogP contribution is 2.17. The fraction of sp³-hybridized carbons (Fsp3) is 0.714. The van der Waals surface area contributed by atoms with Gasteiger partial charge in [-0.2, -0.15) is 5.10 Å². The minimum Gasteiger partial charge on any atom is -0.381 e. The van der Waals surface area contributed by atoms with Crippen molar-refractivity contribution in [3.8, 4) is 0 Å². The zero-order valence-electron chi connectivity index (χ0n) is 11.5. The van der Waals surface area contributed by atoms with Crippen LogP contribution in [0.1, 0.15) is 39.5 Å². The molecule has 0 N–H and O–H groups in total. The van der Waals surface area contributed by atoms with Crippen molar-refractivity contribution in [1.82, 2.24) is 0 Å². The molecular formula is C14H24N2OS. The van der Waals surface area contributed by atoms with Gasteiger partial charge in [0.15, 0.2) is 0 Å². The summed E-state index contributed by atoms with van der Waals surface area (Å²) in [7, 11) is 0. The Bertz CT molecular complexity index is 307. The van der Waals surface area contributed by atoms with Gasteiger partial charge in [-0.1, -0.05) is 19.9 Å². The van der Waals surface area contributed by atoms with Gasteiger partial charge in [-0.05, 0) is 38.0 Å². The van der Waals surface area contributed by atoms with Crippen LogP contribution in [0.2, 0.25) is 0 Å². The fourth-order valence-corrected chi connectivity index (χ4v) is 2.63. The molecule has 0 bridgehead atoms.